The van der Waals surface area contributed by atoms with Gasteiger partial charge in [0, 0.05) is 16.7 Å². The summed E-state index contributed by atoms with van der Waals surface area (Å²) in [5.41, 5.74) is 2.10. The van der Waals surface area contributed by atoms with Gasteiger partial charge in [-0.1, -0.05) is 38.7 Å². The fourth-order valence-corrected chi connectivity index (χ4v) is 1.29. The lowest BCUT2D eigenvalue weighted by Crippen LogP contribution is -2.27. The molecule has 0 radical (unpaired) electrons. The molecule has 18 heavy (non-hydrogen) atoms. The van der Waals surface area contributed by atoms with E-state index in [2.05, 4.69) is 17.2 Å². The zero-order valence-electron chi connectivity index (χ0n) is 11.3. The molecule has 0 aromatic heterocycles. The van der Waals surface area contributed by atoms with E-state index in [0.717, 1.165) is 16.8 Å². The number of rotatable bonds is 1. The SMILES string of the molecule is Cc1ccc(C#CCO)cc1NC(=O)C(C)(C)C. The van der Waals surface area contributed by atoms with Gasteiger partial charge >= 0.3 is 0 Å². The first-order valence-corrected chi connectivity index (χ1v) is 5.86. The molecule has 1 aromatic rings. The van der Waals surface area contributed by atoms with E-state index in [-0.39, 0.29) is 12.5 Å². The molecule has 2 N–H and O–H groups in total. The summed E-state index contributed by atoms with van der Waals surface area (Å²) < 4.78 is 0. The maximum Gasteiger partial charge on any atom is 0.229 e. The Hall–Kier alpha value is -1.79. The van der Waals surface area contributed by atoms with Crippen molar-refractivity contribution < 1.29 is 9.90 Å². The van der Waals surface area contributed by atoms with Gasteiger partial charge in [0.05, 0.1) is 0 Å². The summed E-state index contributed by atoms with van der Waals surface area (Å²) in [5.74, 6) is 5.38. The number of benzene rings is 1. The number of aliphatic hydroxyl groups is 1. The summed E-state index contributed by atoms with van der Waals surface area (Å²) in [7, 11) is 0. The lowest BCUT2D eigenvalue weighted by atomic mass is 9.95. The Kier molecular flexibility index (Phi) is 4.52. The molecule has 0 unspecified atom stereocenters. The van der Waals surface area contributed by atoms with Crippen molar-refractivity contribution in [2.24, 2.45) is 5.41 Å². The summed E-state index contributed by atoms with van der Waals surface area (Å²) in [5, 5.41) is 11.6. The average Bonchev–Trinajstić information content (AvgIpc) is 2.28. The molecule has 0 aliphatic carbocycles. The average molecular weight is 245 g/mol. The first kappa shape index (κ1) is 14.3. The predicted molar refractivity (Wildman–Crippen MR) is 73.2 cm³/mol. The lowest BCUT2D eigenvalue weighted by molar-refractivity contribution is -0.123. The molecule has 0 fully saturated rings. The molecule has 1 rings (SSSR count). The second kappa shape index (κ2) is 5.70. The minimum atomic E-state index is -0.431. The number of hydrogen-bond acceptors (Lipinski definition) is 2. The van der Waals surface area contributed by atoms with Crippen molar-refractivity contribution in [3.05, 3.63) is 29.3 Å². The summed E-state index contributed by atoms with van der Waals surface area (Å²) in [6.07, 6.45) is 0. The van der Waals surface area contributed by atoms with Crippen LogP contribution in [0, 0.1) is 24.2 Å². The molecule has 1 amide bonds. The predicted octanol–water partition coefficient (Wildman–Crippen LogP) is 2.32. The monoisotopic (exact) mass is 245 g/mol. The van der Waals surface area contributed by atoms with E-state index in [9.17, 15) is 4.79 Å². The third kappa shape index (κ3) is 3.90. The summed E-state index contributed by atoms with van der Waals surface area (Å²) in [6.45, 7) is 7.37. The molecule has 0 saturated heterocycles. The van der Waals surface area contributed by atoms with E-state index in [1.165, 1.54) is 0 Å². The highest BCUT2D eigenvalue weighted by Gasteiger charge is 2.21. The van der Waals surface area contributed by atoms with Crippen LogP contribution in [0.15, 0.2) is 18.2 Å². The fourth-order valence-electron chi connectivity index (χ4n) is 1.29. The first-order chi connectivity index (χ1) is 8.34. The molecule has 0 aliphatic rings. The molecule has 0 heterocycles. The van der Waals surface area contributed by atoms with Crippen LogP contribution in [0.4, 0.5) is 5.69 Å². The van der Waals surface area contributed by atoms with Crippen molar-refractivity contribution in [1.82, 2.24) is 0 Å². The topological polar surface area (TPSA) is 49.3 Å². The minimum Gasteiger partial charge on any atom is -0.384 e. The van der Waals surface area contributed by atoms with Gasteiger partial charge in [0.1, 0.15) is 6.61 Å². The smallest absolute Gasteiger partial charge is 0.229 e. The number of aryl methyl sites for hydroxylation is 1. The number of amides is 1. The largest absolute Gasteiger partial charge is 0.384 e. The summed E-state index contributed by atoms with van der Waals surface area (Å²) in [4.78, 5) is 11.9. The zero-order valence-corrected chi connectivity index (χ0v) is 11.3. The van der Waals surface area contributed by atoms with Crippen molar-refractivity contribution in [3.63, 3.8) is 0 Å². The van der Waals surface area contributed by atoms with E-state index >= 15 is 0 Å². The van der Waals surface area contributed by atoms with Crippen LogP contribution < -0.4 is 5.32 Å². The van der Waals surface area contributed by atoms with Crippen LogP contribution in [-0.4, -0.2) is 17.6 Å². The van der Waals surface area contributed by atoms with E-state index in [0.29, 0.717) is 0 Å². The van der Waals surface area contributed by atoms with Crippen LogP contribution in [0.3, 0.4) is 0 Å². The lowest BCUT2D eigenvalue weighted by Gasteiger charge is -2.18. The molecule has 0 saturated carbocycles. The van der Waals surface area contributed by atoms with Gasteiger partial charge in [0.2, 0.25) is 5.91 Å². The Bertz CT molecular complexity index is 501. The van der Waals surface area contributed by atoms with Gasteiger partial charge in [-0.3, -0.25) is 4.79 Å². The molecular weight excluding hydrogens is 226 g/mol. The maximum atomic E-state index is 11.9. The fraction of sp³-hybridized carbons (Fsp3) is 0.400. The molecule has 96 valence electrons. The number of aliphatic hydroxyl groups excluding tert-OH is 1. The second-order valence-corrected chi connectivity index (χ2v) is 5.19. The van der Waals surface area contributed by atoms with Crippen molar-refractivity contribution >= 4 is 11.6 Å². The number of carbonyl (C=O) groups excluding carboxylic acids is 1. The zero-order chi connectivity index (χ0) is 13.8. The van der Waals surface area contributed by atoms with Crippen LogP contribution in [-0.2, 0) is 4.79 Å². The first-order valence-electron chi connectivity index (χ1n) is 5.86. The Balaban J connectivity index is 2.98. The third-order valence-electron chi connectivity index (χ3n) is 2.48. The number of carbonyl (C=O) groups is 1. The Labute approximate surface area is 108 Å². The Morgan fingerprint density at radius 2 is 2.06 bits per heavy atom. The standard InChI is InChI=1S/C15H19NO2/c1-11-7-8-12(6-5-9-17)10-13(11)16-14(18)15(2,3)4/h7-8,10,17H,9H2,1-4H3,(H,16,18). The van der Waals surface area contributed by atoms with Gasteiger partial charge in [-0.2, -0.15) is 0 Å². The Morgan fingerprint density at radius 1 is 1.39 bits per heavy atom. The van der Waals surface area contributed by atoms with Gasteiger partial charge in [-0.25, -0.2) is 0 Å². The maximum absolute atomic E-state index is 11.9. The van der Waals surface area contributed by atoms with Crippen LogP contribution in [0.25, 0.3) is 0 Å². The Morgan fingerprint density at radius 3 is 2.61 bits per heavy atom. The molecule has 0 atom stereocenters. The molecule has 3 nitrogen and oxygen atoms in total. The van der Waals surface area contributed by atoms with E-state index in [1.54, 1.807) is 0 Å². The van der Waals surface area contributed by atoms with Crippen LogP contribution >= 0.6 is 0 Å². The van der Waals surface area contributed by atoms with Crippen LogP contribution in [0.1, 0.15) is 31.9 Å². The van der Waals surface area contributed by atoms with E-state index in [4.69, 9.17) is 5.11 Å². The normalized spacial score (nSPS) is 10.5. The minimum absolute atomic E-state index is 0.0298. The summed E-state index contributed by atoms with van der Waals surface area (Å²) >= 11 is 0. The molecule has 0 bridgehead atoms. The molecule has 3 heteroatoms. The third-order valence-corrected chi connectivity index (χ3v) is 2.48. The quantitative estimate of drug-likeness (QED) is 0.746. The van der Waals surface area contributed by atoms with Crippen LogP contribution in [0.5, 0.6) is 0 Å². The number of hydrogen-bond donors (Lipinski definition) is 2. The number of anilines is 1. The molecule has 0 aliphatic heterocycles. The van der Waals surface area contributed by atoms with Crippen molar-refractivity contribution in [3.8, 4) is 11.8 Å². The number of nitrogens with one attached hydrogen (secondary N) is 1. The van der Waals surface area contributed by atoms with Gasteiger partial charge in [-0.15, -0.1) is 0 Å². The van der Waals surface area contributed by atoms with Gasteiger partial charge in [0.15, 0.2) is 0 Å². The second-order valence-electron chi connectivity index (χ2n) is 5.19. The van der Waals surface area contributed by atoms with Crippen molar-refractivity contribution in [2.75, 3.05) is 11.9 Å². The molecule has 0 spiro atoms. The summed E-state index contributed by atoms with van der Waals surface area (Å²) in [6, 6.07) is 5.59. The highest BCUT2D eigenvalue weighted by molar-refractivity contribution is 5.95. The van der Waals surface area contributed by atoms with Crippen molar-refractivity contribution in [1.29, 1.82) is 0 Å². The molecule has 1 aromatic carbocycles. The van der Waals surface area contributed by atoms with Crippen LogP contribution in [0.2, 0.25) is 0 Å². The highest BCUT2D eigenvalue weighted by Crippen LogP contribution is 2.21. The molecular formula is C15H19NO2. The van der Waals surface area contributed by atoms with E-state index < -0.39 is 5.41 Å². The van der Waals surface area contributed by atoms with Gasteiger partial charge in [-0.05, 0) is 24.6 Å². The van der Waals surface area contributed by atoms with E-state index in [1.807, 2.05) is 45.9 Å². The highest BCUT2D eigenvalue weighted by atomic mass is 16.2. The van der Waals surface area contributed by atoms with Gasteiger partial charge in [0.25, 0.3) is 0 Å². The van der Waals surface area contributed by atoms with Gasteiger partial charge < -0.3 is 10.4 Å². The van der Waals surface area contributed by atoms with Crippen molar-refractivity contribution in [2.45, 2.75) is 27.7 Å².